The van der Waals surface area contributed by atoms with Gasteiger partial charge >= 0.3 is 0 Å². The first kappa shape index (κ1) is 12.7. The van der Waals surface area contributed by atoms with Crippen LogP contribution in [-0.4, -0.2) is 12.5 Å². The van der Waals surface area contributed by atoms with Gasteiger partial charge in [0, 0.05) is 10.9 Å². The minimum Gasteiger partial charge on any atom is -0.494 e. The lowest BCUT2D eigenvalue weighted by molar-refractivity contribution is 0.306. The Labute approximate surface area is 101 Å². The molecule has 0 spiro atoms. The number of aryl methyl sites for hydroxylation is 1. The second-order valence-corrected chi connectivity index (χ2v) is 4.29. The van der Waals surface area contributed by atoms with Crippen molar-refractivity contribution in [2.24, 2.45) is 0 Å². The Bertz CT molecular complexity index is 300. The number of halogens is 2. The van der Waals surface area contributed by atoms with Gasteiger partial charge in [-0.1, -0.05) is 11.6 Å². The van der Waals surface area contributed by atoms with E-state index in [1.165, 1.54) is 0 Å². The third-order valence-corrected chi connectivity index (χ3v) is 2.87. The minimum atomic E-state index is 0.736. The molecule has 0 amide bonds. The lowest BCUT2D eigenvalue weighted by Crippen LogP contribution is -1.97. The predicted octanol–water partition coefficient (Wildman–Crippen LogP) is 4.44. The normalized spacial score (nSPS) is 10.3. The molecule has 0 heterocycles. The molecular formula is C12H16Cl2O. The molecule has 0 saturated heterocycles. The molecule has 0 aromatic heterocycles. The average molecular weight is 247 g/mol. The van der Waals surface area contributed by atoms with E-state index in [9.17, 15) is 0 Å². The van der Waals surface area contributed by atoms with Gasteiger partial charge in [-0.3, -0.25) is 0 Å². The topological polar surface area (TPSA) is 9.23 Å². The van der Waals surface area contributed by atoms with Gasteiger partial charge in [-0.05, 0) is 49.9 Å². The van der Waals surface area contributed by atoms with Crippen LogP contribution in [0.5, 0.6) is 5.75 Å². The molecule has 0 fully saturated rings. The molecule has 1 nitrogen and oxygen atoms in total. The molecule has 0 bridgehead atoms. The Morgan fingerprint density at radius 1 is 1.20 bits per heavy atom. The zero-order valence-corrected chi connectivity index (χ0v) is 10.4. The number of hydrogen-bond acceptors (Lipinski definition) is 1. The highest BCUT2D eigenvalue weighted by Crippen LogP contribution is 2.21. The average Bonchev–Trinajstić information content (AvgIpc) is 2.23. The van der Waals surface area contributed by atoms with Crippen molar-refractivity contribution >= 4 is 23.2 Å². The van der Waals surface area contributed by atoms with Gasteiger partial charge in [0.15, 0.2) is 0 Å². The van der Waals surface area contributed by atoms with Gasteiger partial charge in [0.2, 0.25) is 0 Å². The fourth-order valence-electron chi connectivity index (χ4n) is 1.27. The molecule has 0 radical (unpaired) electrons. The largest absolute Gasteiger partial charge is 0.494 e. The van der Waals surface area contributed by atoms with Crippen LogP contribution in [0.2, 0.25) is 5.02 Å². The van der Waals surface area contributed by atoms with Gasteiger partial charge in [0.1, 0.15) is 5.75 Å². The highest BCUT2D eigenvalue weighted by Gasteiger charge is 1.98. The first-order chi connectivity index (χ1) is 7.24. The molecule has 15 heavy (non-hydrogen) atoms. The van der Waals surface area contributed by atoms with E-state index in [0.29, 0.717) is 0 Å². The molecule has 0 unspecified atom stereocenters. The van der Waals surface area contributed by atoms with Gasteiger partial charge in [-0.25, -0.2) is 0 Å². The molecule has 0 N–H and O–H groups in total. The Balaban J connectivity index is 2.28. The molecule has 1 rings (SSSR count). The van der Waals surface area contributed by atoms with E-state index in [1.807, 2.05) is 25.1 Å². The highest BCUT2D eigenvalue weighted by atomic mass is 35.5. The summed E-state index contributed by atoms with van der Waals surface area (Å²) in [6, 6.07) is 5.73. The lowest BCUT2D eigenvalue weighted by Gasteiger charge is -2.07. The van der Waals surface area contributed by atoms with Crippen LogP contribution in [-0.2, 0) is 0 Å². The third-order valence-electron chi connectivity index (χ3n) is 2.18. The van der Waals surface area contributed by atoms with E-state index >= 15 is 0 Å². The summed E-state index contributed by atoms with van der Waals surface area (Å²) in [5.74, 6) is 1.63. The number of alkyl halides is 1. The summed E-state index contributed by atoms with van der Waals surface area (Å²) in [5, 5.41) is 0.782. The SMILES string of the molecule is Cc1cc(OCCCCCCl)ccc1Cl. The second kappa shape index (κ2) is 6.97. The maximum atomic E-state index is 5.91. The molecule has 0 aliphatic rings. The van der Waals surface area contributed by atoms with E-state index in [4.69, 9.17) is 27.9 Å². The van der Waals surface area contributed by atoms with Crippen molar-refractivity contribution in [1.29, 1.82) is 0 Å². The highest BCUT2D eigenvalue weighted by molar-refractivity contribution is 6.31. The molecule has 0 aliphatic heterocycles. The summed E-state index contributed by atoms with van der Waals surface area (Å²) < 4.78 is 5.59. The van der Waals surface area contributed by atoms with E-state index < -0.39 is 0 Å². The smallest absolute Gasteiger partial charge is 0.119 e. The molecule has 0 aliphatic carbocycles. The van der Waals surface area contributed by atoms with Crippen LogP contribution < -0.4 is 4.74 Å². The predicted molar refractivity (Wildman–Crippen MR) is 66.3 cm³/mol. The van der Waals surface area contributed by atoms with Crippen molar-refractivity contribution in [2.75, 3.05) is 12.5 Å². The Morgan fingerprint density at radius 2 is 2.00 bits per heavy atom. The molecule has 0 saturated carbocycles. The number of unbranched alkanes of at least 4 members (excludes halogenated alkanes) is 2. The summed E-state index contributed by atoms with van der Waals surface area (Å²) in [4.78, 5) is 0. The number of ether oxygens (including phenoxy) is 1. The molecule has 0 atom stereocenters. The van der Waals surface area contributed by atoms with Crippen LogP contribution in [0.4, 0.5) is 0 Å². The van der Waals surface area contributed by atoms with Crippen molar-refractivity contribution in [3.05, 3.63) is 28.8 Å². The van der Waals surface area contributed by atoms with E-state index in [-0.39, 0.29) is 0 Å². The number of rotatable bonds is 6. The van der Waals surface area contributed by atoms with Gasteiger partial charge in [-0.15, -0.1) is 11.6 Å². The van der Waals surface area contributed by atoms with Crippen LogP contribution in [0.15, 0.2) is 18.2 Å². The summed E-state index contributed by atoms with van der Waals surface area (Å²) in [5.41, 5.74) is 1.05. The summed E-state index contributed by atoms with van der Waals surface area (Å²) in [7, 11) is 0. The fourth-order valence-corrected chi connectivity index (χ4v) is 1.58. The van der Waals surface area contributed by atoms with Gasteiger partial charge in [-0.2, -0.15) is 0 Å². The first-order valence-corrected chi connectivity index (χ1v) is 6.10. The van der Waals surface area contributed by atoms with Gasteiger partial charge in [0.05, 0.1) is 6.61 Å². The quantitative estimate of drug-likeness (QED) is 0.533. The zero-order valence-electron chi connectivity index (χ0n) is 8.93. The van der Waals surface area contributed by atoms with Crippen molar-refractivity contribution in [3.63, 3.8) is 0 Å². The molecule has 84 valence electrons. The number of benzene rings is 1. The van der Waals surface area contributed by atoms with Gasteiger partial charge in [0.25, 0.3) is 0 Å². The van der Waals surface area contributed by atoms with Crippen molar-refractivity contribution in [1.82, 2.24) is 0 Å². The molecular weight excluding hydrogens is 231 g/mol. The Kier molecular flexibility index (Phi) is 5.89. The van der Waals surface area contributed by atoms with Crippen LogP contribution in [0.3, 0.4) is 0 Å². The maximum absolute atomic E-state index is 5.91. The third kappa shape index (κ3) is 4.76. The molecule has 3 heteroatoms. The minimum absolute atomic E-state index is 0.736. The monoisotopic (exact) mass is 246 g/mol. The lowest BCUT2D eigenvalue weighted by atomic mass is 10.2. The van der Waals surface area contributed by atoms with Crippen molar-refractivity contribution in [2.45, 2.75) is 26.2 Å². The van der Waals surface area contributed by atoms with Crippen molar-refractivity contribution < 1.29 is 4.74 Å². The maximum Gasteiger partial charge on any atom is 0.119 e. The van der Waals surface area contributed by atoms with Crippen LogP contribution in [0, 0.1) is 6.92 Å². The second-order valence-electron chi connectivity index (χ2n) is 3.51. The molecule has 1 aromatic carbocycles. The van der Waals surface area contributed by atoms with E-state index in [2.05, 4.69) is 0 Å². The Morgan fingerprint density at radius 3 is 2.67 bits per heavy atom. The summed E-state index contributed by atoms with van der Waals surface area (Å²) in [6.45, 7) is 2.72. The summed E-state index contributed by atoms with van der Waals surface area (Å²) in [6.07, 6.45) is 3.23. The van der Waals surface area contributed by atoms with Crippen LogP contribution in [0.1, 0.15) is 24.8 Å². The first-order valence-electron chi connectivity index (χ1n) is 5.19. The molecule has 1 aromatic rings. The Hall–Kier alpha value is -0.400. The van der Waals surface area contributed by atoms with E-state index in [1.54, 1.807) is 0 Å². The zero-order chi connectivity index (χ0) is 11.1. The number of hydrogen-bond donors (Lipinski definition) is 0. The van der Waals surface area contributed by atoms with E-state index in [0.717, 1.165) is 48.1 Å². The van der Waals surface area contributed by atoms with Crippen LogP contribution in [0.25, 0.3) is 0 Å². The standard InChI is InChI=1S/C12H16Cl2O/c1-10-9-11(5-6-12(10)14)15-8-4-2-3-7-13/h5-6,9H,2-4,7-8H2,1H3. The summed E-state index contributed by atoms with van der Waals surface area (Å²) >= 11 is 11.5. The van der Waals surface area contributed by atoms with Gasteiger partial charge < -0.3 is 4.74 Å². The van der Waals surface area contributed by atoms with Crippen molar-refractivity contribution in [3.8, 4) is 5.75 Å². The van der Waals surface area contributed by atoms with Crippen LogP contribution >= 0.6 is 23.2 Å². The fraction of sp³-hybridized carbons (Fsp3) is 0.500.